The maximum Gasteiger partial charge on any atom is 0.408 e. The molecule has 61 heavy (non-hydrogen) atoms. The molecule has 1 aromatic carbocycles. The van der Waals surface area contributed by atoms with E-state index in [1.54, 1.807) is 70.3 Å². The van der Waals surface area contributed by atoms with Crippen LogP contribution in [0.3, 0.4) is 0 Å². The van der Waals surface area contributed by atoms with Crippen LogP contribution in [0.4, 0.5) is 4.79 Å². The Kier molecular flexibility index (Phi) is 11.9. The van der Waals surface area contributed by atoms with Crippen molar-refractivity contribution >= 4 is 47.1 Å². The number of nitrogens with one attached hydrogen (secondary N) is 1. The van der Waals surface area contributed by atoms with Crippen LogP contribution in [0.1, 0.15) is 103 Å². The highest BCUT2D eigenvalue weighted by atomic mass is 32.1. The lowest BCUT2D eigenvalue weighted by molar-refractivity contribution is -0.346. The van der Waals surface area contributed by atoms with Gasteiger partial charge in [0.15, 0.2) is 23.1 Å². The standard InChI is InChI=1S/C44H55NO15S/c1-22-26(57-37(51)42(10,53)33(27-17-14-18-61-27)45-38(52)60-39(4,5)6)20-44(54)35(58-36(50)25-15-12-11-13-16-25)32-41(9,28(48)19-29-43(32,21-55-29)59-24(3)47)34(49)31(56-23(2)46)30(22)40(44,7)8/h11-18,26,28-29,31-33,35,48,53-54H,19-21H2,1-10H3,(H,45,52)/t26-,28-,29+,31+,32-,33-,35-,41+,42+,43-,44+/m0/s1. The van der Waals surface area contributed by atoms with E-state index >= 15 is 4.79 Å². The van der Waals surface area contributed by atoms with Gasteiger partial charge in [-0.3, -0.25) is 14.4 Å². The number of hydrogen-bond acceptors (Lipinski definition) is 16. The molecule has 17 heteroatoms. The summed E-state index contributed by atoms with van der Waals surface area (Å²) in [7, 11) is 0. The average molecular weight is 870 g/mol. The van der Waals surface area contributed by atoms with Crippen LogP contribution in [0.15, 0.2) is 59.0 Å². The molecular weight excluding hydrogens is 815 g/mol. The van der Waals surface area contributed by atoms with Gasteiger partial charge in [0.1, 0.15) is 35.6 Å². The van der Waals surface area contributed by atoms with E-state index in [-0.39, 0.29) is 29.7 Å². The molecule has 3 aliphatic carbocycles. The third-order valence-electron chi connectivity index (χ3n) is 12.9. The summed E-state index contributed by atoms with van der Waals surface area (Å²) in [5.74, 6) is -6.31. The zero-order valence-electron chi connectivity index (χ0n) is 35.9. The van der Waals surface area contributed by atoms with Crippen LogP contribution >= 0.6 is 11.3 Å². The Morgan fingerprint density at radius 2 is 1.61 bits per heavy atom. The first-order valence-corrected chi connectivity index (χ1v) is 21.0. The second-order valence-corrected chi connectivity index (χ2v) is 19.4. The Balaban J connectivity index is 1.55. The monoisotopic (exact) mass is 869 g/mol. The fourth-order valence-electron chi connectivity index (χ4n) is 9.75. The fraction of sp³-hybridized carbons (Fsp3) is 0.591. The molecule has 2 saturated carbocycles. The van der Waals surface area contributed by atoms with Gasteiger partial charge in [0, 0.05) is 37.0 Å². The summed E-state index contributed by atoms with van der Waals surface area (Å²) >= 11 is 1.14. The summed E-state index contributed by atoms with van der Waals surface area (Å²) in [5.41, 5.74) is -11.1. The number of Topliss-reactive ketones (excluding diaryl/α,β-unsaturated/α-hetero) is 1. The normalized spacial score (nSPS) is 33.1. The Labute approximate surface area is 357 Å². The minimum atomic E-state index is -2.50. The highest BCUT2D eigenvalue weighted by Crippen LogP contribution is 2.64. The lowest BCUT2D eigenvalue weighted by Crippen LogP contribution is -2.82. The first-order valence-electron chi connectivity index (χ1n) is 20.1. The molecule has 6 rings (SSSR count). The van der Waals surface area contributed by atoms with Crippen LogP contribution < -0.4 is 5.32 Å². The number of thiophene rings is 1. The summed E-state index contributed by atoms with van der Waals surface area (Å²) in [4.78, 5) is 83.6. The van der Waals surface area contributed by atoms with E-state index in [2.05, 4.69) is 5.32 Å². The minimum Gasteiger partial charge on any atom is -0.456 e. The second kappa shape index (κ2) is 15.9. The first-order chi connectivity index (χ1) is 28.2. The Bertz CT molecular complexity index is 2110. The van der Waals surface area contributed by atoms with Crippen molar-refractivity contribution < 1.29 is 72.5 Å². The topological polar surface area (TPSA) is 231 Å². The van der Waals surface area contributed by atoms with Gasteiger partial charge in [0.05, 0.1) is 29.6 Å². The van der Waals surface area contributed by atoms with Gasteiger partial charge in [-0.1, -0.05) is 38.1 Å². The maximum atomic E-state index is 15.5. The third kappa shape index (κ3) is 7.76. The number of amides is 1. The number of alkyl carbamates (subject to hydrolysis) is 1. The van der Waals surface area contributed by atoms with Crippen molar-refractivity contribution in [2.45, 2.75) is 141 Å². The number of carbonyl (C=O) groups excluding carboxylic acids is 6. The molecular formula is C44H55NO15S. The lowest BCUT2D eigenvalue weighted by Gasteiger charge is -2.67. The third-order valence-corrected chi connectivity index (χ3v) is 13.8. The number of aliphatic hydroxyl groups excluding tert-OH is 1. The van der Waals surface area contributed by atoms with Crippen molar-refractivity contribution in [2.24, 2.45) is 16.7 Å². The molecule has 11 atom stereocenters. The Hall–Kier alpha value is -4.68. The van der Waals surface area contributed by atoms with Crippen LogP contribution in [-0.2, 0) is 47.6 Å². The predicted molar refractivity (Wildman–Crippen MR) is 216 cm³/mol. The number of ether oxygens (including phenoxy) is 6. The predicted octanol–water partition coefficient (Wildman–Crippen LogP) is 4.28. The molecule has 0 spiro atoms. The highest BCUT2D eigenvalue weighted by Gasteiger charge is 2.78. The van der Waals surface area contributed by atoms with Gasteiger partial charge in [0.2, 0.25) is 0 Å². The van der Waals surface area contributed by atoms with Gasteiger partial charge in [-0.2, -0.15) is 0 Å². The summed E-state index contributed by atoms with van der Waals surface area (Å²) in [6.45, 7) is 14.0. The average Bonchev–Trinajstić information content (AvgIpc) is 3.69. The van der Waals surface area contributed by atoms with E-state index in [0.29, 0.717) is 4.88 Å². The molecule has 0 unspecified atom stereocenters. The molecule has 1 amide bonds. The molecule has 0 radical (unpaired) electrons. The fourth-order valence-corrected chi connectivity index (χ4v) is 10.6. The number of rotatable bonds is 9. The van der Waals surface area contributed by atoms with Gasteiger partial charge < -0.3 is 49.1 Å². The number of ketones is 1. The first kappa shape index (κ1) is 45.8. The molecule has 4 aliphatic rings. The molecule has 4 N–H and O–H groups in total. The van der Waals surface area contributed by atoms with E-state index in [0.717, 1.165) is 32.1 Å². The number of esters is 4. The Morgan fingerprint density at radius 1 is 0.951 bits per heavy atom. The highest BCUT2D eigenvalue weighted by molar-refractivity contribution is 7.10. The van der Waals surface area contributed by atoms with E-state index < -0.39 is 118 Å². The Morgan fingerprint density at radius 3 is 2.15 bits per heavy atom. The molecule has 1 aliphatic heterocycles. The SMILES string of the molecule is CC(=O)O[C@H]1C(=O)[C@@]2(C)[C@H]([C@H](OC(=O)c3ccccc3)[C@]3(O)C[C@H](OC(=O)[C@](C)(O)[C@@H](NC(=O)OC(C)(C)C)c4cccs4)C(C)=C1C3(C)C)[C@]1(OC(C)=O)CO[C@@H]1C[C@@H]2O. The van der Waals surface area contributed by atoms with Crippen molar-refractivity contribution in [3.05, 3.63) is 69.4 Å². The summed E-state index contributed by atoms with van der Waals surface area (Å²) in [6.07, 6.45) is -9.47. The van der Waals surface area contributed by atoms with Gasteiger partial charge in [-0.15, -0.1) is 11.3 Å². The number of hydrogen-bond donors (Lipinski definition) is 4. The zero-order chi connectivity index (χ0) is 45.2. The van der Waals surface area contributed by atoms with Gasteiger partial charge >= 0.3 is 30.0 Å². The maximum absolute atomic E-state index is 15.5. The molecule has 16 nitrogen and oxygen atoms in total. The lowest BCUT2D eigenvalue weighted by atomic mass is 9.44. The number of aliphatic hydroxyl groups is 3. The summed E-state index contributed by atoms with van der Waals surface area (Å²) in [5, 5.41) is 42.1. The van der Waals surface area contributed by atoms with E-state index in [1.165, 1.54) is 26.0 Å². The quantitative estimate of drug-likeness (QED) is 0.157. The van der Waals surface area contributed by atoms with Crippen LogP contribution in [0.2, 0.25) is 0 Å². The number of benzene rings is 1. The van der Waals surface area contributed by atoms with Gasteiger partial charge in [-0.05, 0) is 76.3 Å². The molecule has 1 saturated heterocycles. The second-order valence-electron chi connectivity index (χ2n) is 18.4. The van der Waals surface area contributed by atoms with E-state index in [4.69, 9.17) is 28.4 Å². The summed E-state index contributed by atoms with van der Waals surface area (Å²) in [6, 6.07) is 9.67. The van der Waals surface area contributed by atoms with Crippen LogP contribution in [0.5, 0.6) is 0 Å². The molecule has 1 aromatic heterocycles. The van der Waals surface area contributed by atoms with E-state index in [1.807, 2.05) is 0 Å². The summed E-state index contributed by atoms with van der Waals surface area (Å²) < 4.78 is 35.7. The van der Waals surface area contributed by atoms with Crippen LogP contribution in [-0.4, -0.2) is 111 Å². The van der Waals surface area contributed by atoms with E-state index in [9.17, 15) is 39.3 Å². The van der Waals surface area contributed by atoms with Crippen molar-refractivity contribution in [2.75, 3.05) is 6.61 Å². The number of carbonyl (C=O) groups is 6. The zero-order valence-corrected chi connectivity index (χ0v) is 36.7. The van der Waals surface area contributed by atoms with Crippen molar-refractivity contribution in [3.63, 3.8) is 0 Å². The van der Waals surface area contributed by atoms with Crippen molar-refractivity contribution in [1.82, 2.24) is 5.32 Å². The van der Waals surface area contributed by atoms with Crippen LogP contribution in [0, 0.1) is 16.7 Å². The largest absolute Gasteiger partial charge is 0.456 e. The molecule has 2 aromatic rings. The smallest absolute Gasteiger partial charge is 0.408 e. The van der Waals surface area contributed by atoms with Crippen molar-refractivity contribution in [3.8, 4) is 0 Å². The molecule has 332 valence electrons. The van der Waals surface area contributed by atoms with Gasteiger partial charge in [-0.25, -0.2) is 14.4 Å². The number of fused-ring (bicyclic) bond motifs is 5. The molecule has 2 bridgehead atoms. The minimum absolute atomic E-state index is 0.0123. The van der Waals surface area contributed by atoms with Crippen LogP contribution in [0.25, 0.3) is 0 Å². The molecule has 2 heterocycles. The van der Waals surface area contributed by atoms with Gasteiger partial charge in [0.25, 0.3) is 0 Å². The molecule has 3 fully saturated rings. The van der Waals surface area contributed by atoms with Crippen molar-refractivity contribution in [1.29, 1.82) is 0 Å².